The zero-order valence-corrected chi connectivity index (χ0v) is 19.3. The molecule has 0 aliphatic carbocycles. The van der Waals surface area contributed by atoms with Gasteiger partial charge in [0.25, 0.3) is 0 Å². The summed E-state index contributed by atoms with van der Waals surface area (Å²) >= 11 is 3.45. The lowest BCUT2D eigenvalue weighted by Crippen LogP contribution is -2.07. The number of halogens is 3. The van der Waals surface area contributed by atoms with Crippen molar-refractivity contribution in [3.63, 3.8) is 0 Å². The van der Waals surface area contributed by atoms with E-state index < -0.39 is 10.9 Å². The van der Waals surface area contributed by atoms with E-state index >= 15 is 0 Å². The standard InChI is InChI=1S/C23H15F2IO2S2/c24-15-1-7-18(8-2-15)30(19-9-3-16(25)4-10-19)20-11-5-17(6-12-20)28-23(27)22-21(26)13-14-29-22/h1-14,30H. The first kappa shape index (κ1) is 21.0. The summed E-state index contributed by atoms with van der Waals surface area (Å²) in [7, 11) is -1.02. The number of benzene rings is 3. The van der Waals surface area contributed by atoms with Crippen LogP contribution in [-0.4, -0.2) is 5.97 Å². The summed E-state index contributed by atoms with van der Waals surface area (Å²) in [6.45, 7) is 0. The van der Waals surface area contributed by atoms with E-state index in [1.807, 2.05) is 23.6 Å². The van der Waals surface area contributed by atoms with Gasteiger partial charge in [0.2, 0.25) is 0 Å². The Morgan fingerprint density at radius 2 is 1.23 bits per heavy atom. The second-order valence-electron chi connectivity index (χ2n) is 6.27. The first-order valence-electron chi connectivity index (χ1n) is 8.88. The van der Waals surface area contributed by atoms with Crippen molar-refractivity contribution in [2.75, 3.05) is 0 Å². The van der Waals surface area contributed by atoms with E-state index in [4.69, 9.17) is 4.74 Å². The molecule has 1 aromatic heterocycles. The molecule has 1 heterocycles. The number of ether oxygens (including phenoxy) is 1. The van der Waals surface area contributed by atoms with Gasteiger partial charge in [-0.25, -0.2) is 13.6 Å². The van der Waals surface area contributed by atoms with Gasteiger partial charge in [-0.1, -0.05) is 0 Å². The number of rotatable bonds is 5. The summed E-state index contributed by atoms with van der Waals surface area (Å²) < 4.78 is 33.2. The minimum Gasteiger partial charge on any atom is -0.422 e. The Morgan fingerprint density at radius 3 is 1.67 bits per heavy atom. The van der Waals surface area contributed by atoms with Crippen LogP contribution in [0.5, 0.6) is 5.75 Å². The van der Waals surface area contributed by atoms with Gasteiger partial charge in [-0.15, -0.1) is 11.3 Å². The Morgan fingerprint density at radius 1 is 0.767 bits per heavy atom. The van der Waals surface area contributed by atoms with Gasteiger partial charge >= 0.3 is 5.97 Å². The zero-order valence-electron chi connectivity index (χ0n) is 15.4. The van der Waals surface area contributed by atoms with Gasteiger partial charge in [0.15, 0.2) is 0 Å². The molecule has 3 aromatic carbocycles. The molecule has 152 valence electrons. The first-order valence-corrected chi connectivity index (χ1v) is 12.2. The summed E-state index contributed by atoms with van der Waals surface area (Å²) in [6, 6.07) is 21.8. The van der Waals surface area contributed by atoms with E-state index in [0.717, 1.165) is 18.3 Å². The second kappa shape index (κ2) is 9.28. The average Bonchev–Trinajstić information content (AvgIpc) is 3.18. The number of carbonyl (C=O) groups is 1. The molecule has 0 unspecified atom stereocenters. The fourth-order valence-corrected chi connectivity index (χ4v) is 6.80. The first-order chi connectivity index (χ1) is 14.5. The molecule has 0 amide bonds. The van der Waals surface area contributed by atoms with Gasteiger partial charge in [0, 0.05) is 3.57 Å². The van der Waals surface area contributed by atoms with Crippen molar-refractivity contribution in [3.05, 3.63) is 104 Å². The number of hydrogen-bond donors (Lipinski definition) is 1. The van der Waals surface area contributed by atoms with E-state index in [9.17, 15) is 13.6 Å². The number of carbonyl (C=O) groups excluding carboxylic acids is 1. The fraction of sp³-hybridized carbons (Fsp3) is 0. The molecule has 0 saturated heterocycles. The predicted octanol–water partition coefficient (Wildman–Crippen LogP) is 7.33. The van der Waals surface area contributed by atoms with Crippen molar-refractivity contribution in [1.82, 2.24) is 0 Å². The Kier molecular flexibility index (Phi) is 6.50. The highest BCUT2D eigenvalue weighted by atomic mass is 127. The summed E-state index contributed by atoms with van der Waals surface area (Å²) in [5.41, 5.74) is 0. The topological polar surface area (TPSA) is 26.3 Å². The average molecular weight is 552 g/mol. The van der Waals surface area contributed by atoms with E-state index in [2.05, 4.69) is 22.6 Å². The molecule has 0 radical (unpaired) electrons. The third-order valence-corrected chi connectivity index (χ3v) is 8.88. The maximum Gasteiger partial charge on any atom is 0.354 e. The highest BCUT2D eigenvalue weighted by Gasteiger charge is 2.16. The van der Waals surface area contributed by atoms with Gasteiger partial charge in [0.1, 0.15) is 22.3 Å². The molecule has 4 aromatic rings. The number of hydrogen-bond acceptors (Lipinski definition) is 3. The molecule has 2 nitrogen and oxygen atoms in total. The minimum atomic E-state index is -1.02. The van der Waals surface area contributed by atoms with Crippen molar-refractivity contribution >= 4 is 50.8 Å². The van der Waals surface area contributed by atoms with Crippen LogP contribution < -0.4 is 4.74 Å². The van der Waals surface area contributed by atoms with Gasteiger partial charge in [-0.3, -0.25) is 0 Å². The fourth-order valence-electron chi connectivity index (χ4n) is 2.88. The van der Waals surface area contributed by atoms with Gasteiger partial charge < -0.3 is 4.74 Å². The molecule has 0 aliphatic heterocycles. The quantitative estimate of drug-likeness (QED) is 0.122. The van der Waals surface area contributed by atoms with Gasteiger partial charge in [0.05, 0.1) is 0 Å². The Bertz CT molecular complexity index is 1110. The van der Waals surface area contributed by atoms with Crippen molar-refractivity contribution < 1.29 is 18.3 Å². The highest BCUT2D eigenvalue weighted by Crippen LogP contribution is 2.51. The molecule has 0 saturated carbocycles. The molecule has 0 aliphatic rings. The molecule has 0 atom stereocenters. The van der Waals surface area contributed by atoms with E-state index in [1.165, 1.54) is 35.6 Å². The van der Waals surface area contributed by atoms with Crippen LogP contribution in [0.4, 0.5) is 8.78 Å². The normalized spacial score (nSPS) is 11.2. The number of thiophene rings is 1. The van der Waals surface area contributed by atoms with Crippen LogP contribution in [0.2, 0.25) is 0 Å². The van der Waals surface area contributed by atoms with Crippen LogP contribution in [-0.2, 0) is 0 Å². The van der Waals surface area contributed by atoms with Crippen molar-refractivity contribution in [2.24, 2.45) is 0 Å². The molecular weight excluding hydrogens is 537 g/mol. The molecular formula is C23H15F2IO2S2. The van der Waals surface area contributed by atoms with Crippen LogP contribution in [0.1, 0.15) is 9.67 Å². The summed E-state index contributed by atoms with van der Waals surface area (Å²) in [5, 5.41) is 1.85. The van der Waals surface area contributed by atoms with Crippen molar-refractivity contribution in [1.29, 1.82) is 0 Å². The molecule has 4 rings (SSSR count). The summed E-state index contributed by atoms with van der Waals surface area (Å²) in [6.07, 6.45) is 0. The third-order valence-electron chi connectivity index (χ3n) is 4.28. The zero-order chi connectivity index (χ0) is 21.1. The van der Waals surface area contributed by atoms with E-state index in [0.29, 0.717) is 10.6 Å². The lowest BCUT2D eigenvalue weighted by molar-refractivity contribution is 0.0739. The predicted molar refractivity (Wildman–Crippen MR) is 125 cm³/mol. The van der Waals surface area contributed by atoms with E-state index in [-0.39, 0.29) is 17.6 Å². The Balaban J connectivity index is 1.64. The van der Waals surface area contributed by atoms with Crippen molar-refractivity contribution in [3.8, 4) is 5.75 Å². The SMILES string of the molecule is O=C(Oc1ccc([SH](c2ccc(F)cc2)c2ccc(F)cc2)cc1)c1sccc1I. The maximum absolute atomic E-state index is 13.4. The maximum atomic E-state index is 13.4. The third kappa shape index (κ3) is 4.74. The lowest BCUT2D eigenvalue weighted by Gasteiger charge is -2.23. The molecule has 0 N–H and O–H groups in total. The molecule has 30 heavy (non-hydrogen) atoms. The number of esters is 1. The lowest BCUT2D eigenvalue weighted by atomic mass is 10.3. The van der Waals surface area contributed by atoms with Gasteiger partial charge in [-0.05, 0) is 122 Å². The van der Waals surface area contributed by atoms with E-state index in [1.54, 1.807) is 36.4 Å². The van der Waals surface area contributed by atoms with Crippen LogP contribution in [0.15, 0.2) is 98.9 Å². The molecule has 0 spiro atoms. The van der Waals surface area contributed by atoms with Crippen molar-refractivity contribution in [2.45, 2.75) is 14.7 Å². The highest BCUT2D eigenvalue weighted by molar-refractivity contribution is 14.1. The largest absolute Gasteiger partial charge is 0.422 e. The summed E-state index contributed by atoms with van der Waals surface area (Å²) in [5.74, 6) is -0.556. The summed E-state index contributed by atoms with van der Waals surface area (Å²) in [4.78, 5) is 15.8. The minimum absolute atomic E-state index is 0.307. The molecule has 7 heteroatoms. The molecule has 0 bridgehead atoms. The Labute approximate surface area is 193 Å². The van der Waals surface area contributed by atoms with Crippen LogP contribution in [0, 0.1) is 15.2 Å². The monoisotopic (exact) mass is 552 g/mol. The van der Waals surface area contributed by atoms with Crippen LogP contribution >= 0.6 is 44.8 Å². The van der Waals surface area contributed by atoms with Gasteiger partial charge in [-0.2, -0.15) is 10.9 Å². The second-order valence-corrected chi connectivity index (χ2v) is 10.6. The van der Waals surface area contributed by atoms with Crippen LogP contribution in [0.3, 0.4) is 0 Å². The number of thiol groups is 1. The Hall–Kier alpha value is -2.23. The smallest absolute Gasteiger partial charge is 0.354 e. The molecule has 0 fully saturated rings. The van der Waals surface area contributed by atoms with Crippen LogP contribution in [0.25, 0.3) is 0 Å².